The van der Waals surface area contributed by atoms with Crippen LogP contribution in [0.5, 0.6) is 17.2 Å². The number of halogens is 2. The van der Waals surface area contributed by atoms with E-state index < -0.39 is 6.61 Å². The lowest BCUT2D eigenvalue weighted by atomic mass is 10.1. The first-order valence-corrected chi connectivity index (χ1v) is 10.0. The number of alkyl halides is 2. The second-order valence-corrected chi connectivity index (χ2v) is 7.14. The van der Waals surface area contributed by atoms with Crippen molar-refractivity contribution in [2.24, 2.45) is 0 Å². The van der Waals surface area contributed by atoms with E-state index in [1.165, 1.54) is 23.9 Å². The fourth-order valence-electron chi connectivity index (χ4n) is 2.83. The van der Waals surface area contributed by atoms with E-state index in [0.29, 0.717) is 46.7 Å². The summed E-state index contributed by atoms with van der Waals surface area (Å²) in [5.41, 5.74) is 1.66. The highest BCUT2D eigenvalue weighted by Crippen LogP contribution is 2.31. The maximum absolute atomic E-state index is 12.5. The van der Waals surface area contributed by atoms with Gasteiger partial charge >= 0.3 is 6.61 Å². The molecule has 0 N–H and O–H groups in total. The van der Waals surface area contributed by atoms with Crippen molar-refractivity contribution in [3.63, 3.8) is 0 Å². The van der Waals surface area contributed by atoms with Crippen molar-refractivity contribution in [3.8, 4) is 28.5 Å². The van der Waals surface area contributed by atoms with Gasteiger partial charge in [0.05, 0.1) is 11.4 Å². The van der Waals surface area contributed by atoms with Crippen LogP contribution in [0.4, 0.5) is 8.78 Å². The highest BCUT2D eigenvalue weighted by atomic mass is 32.2. The zero-order valence-electron chi connectivity index (χ0n) is 15.6. The van der Waals surface area contributed by atoms with Crippen LogP contribution in [0.15, 0.2) is 59.9 Å². The van der Waals surface area contributed by atoms with Crippen LogP contribution in [0.1, 0.15) is 10.4 Å². The molecule has 1 aliphatic rings. The molecule has 154 valence electrons. The molecule has 9 heteroatoms. The molecule has 1 aliphatic heterocycles. The third-order valence-corrected chi connectivity index (χ3v) is 5.05. The van der Waals surface area contributed by atoms with E-state index >= 15 is 0 Å². The van der Waals surface area contributed by atoms with Crippen LogP contribution in [-0.4, -0.2) is 41.3 Å². The predicted octanol–water partition coefficient (Wildman–Crippen LogP) is 4.49. The van der Waals surface area contributed by atoms with Gasteiger partial charge in [0.25, 0.3) is 0 Å². The Balaban J connectivity index is 1.44. The van der Waals surface area contributed by atoms with E-state index in [1.807, 2.05) is 0 Å². The Labute approximate surface area is 175 Å². The minimum Gasteiger partial charge on any atom is -0.486 e. The maximum atomic E-state index is 12.5. The van der Waals surface area contributed by atoms with Gasteiger partial charge in [-0.2, -0.15) is 8.78 Å². The lowest BCUT2D eigenvalue weighted by Gasteiger charge is -2.18. The summed E-state index contributed by atoms with van der Waals surface area (Å²) in [6, 6.07) is 13.0. The fourth-order valence-corrected chi connectivity index (χ4v) is 3.56. The van der Waals surface area contributed by atoms with Gasteiger partial charge in [-0.1, -0.05) is 23.9 Å². The molecule has 4 rings (SSSR count). The number of carbonyl (C=O) groups is 1. The van der Waals surface area contributed by atoms with Crippen LogP contribution in [-0.2, 0) is 0 Å². The fraction of sp³-hybridized carbons (Fsp3) is 0.190. The van der Waals surface area contributed by atoms with Gasteiger partial charge in [-0.3, -0.25) is 4.79 Å². The smallest absolute Gasteiger partial charge is 0.387 e. The molecule has 30 heavy (non-hydrogen) atoms. The van der Waals surface area contributed by atoms with Crippen LogP contribution >= 0.6 is 11.8 Å². The van der Waals surface area contributed by atoms with Crippen molar-refractivity contribution in [1.82, 2.24) is 9.97 Å². The van der Waals surface area contributed by atoms with Gasteiger partial charge in [-0.25, -0.2) is 9.97 Å². The average Bonchev–Trinajstić information content (AvgIpc) is 2.77. The number of fused-ring (bicyclic) bond motifs is 1. The Morgan fingerprint density at radius 2 is 1.93 bits per heavy atom. The molecule has 0 saturated carbocycles. The Bertz CT molecular complexity index is 1060. The summed E-state index contributed by atoms with van der Waals surface area (Å²) >= 11 is 1.19. The first-order chi connectivity index (χ1) is 14.6. The van der Waals surface area contributed by atoms with Gasteiger partial charge in [-0.15, -0.1) is 0 Å². The number of carbonyl (C=O) groups excluding carboxylic acids is 1. The largest absolute Gasteiger partial charge is 0.486 e. The molecule has 0 saturated heterocycles. The van der Waals surface area contributed by atoms with Crippen molar-refractivity contribution in [2.45, 2.75) is 11.8 Å². The van der Waals surface area contributed by atoms with Crippen molar-refractivity contribution >= 4 is 17.5 Å². The summed E-state index contributed by atoms with van der Waals surface area (Å²) in [5, 5.41) is 0.401. The van der Waals surface area contributed by atoms with Crippen molar-refractivity contribution < 1.29 is 27.8 Å². The molecular weight excluding hydrogens is 414 g/mol. The number of benzene rings is 2. The molecule has 0 amide bonds. The summed E-state index contributed by atoms with van der Waals surface area (Å²) in [6.07, 6.45) is 1.56. The minimum atomic E-state index is -2.90. The molecule has 0 aliphatic carbocycles. The van der Waals surface area contributed by atoms with Crippen molar-refractivity contribution in [3.05, 3.63) is 60.3 Å². The van der Waals surface area contributed by atoms with Crippen molar-refractivity contribution in [2.75, 3.05) is 19.0 Å². The van der Waals surface area contributed by atoms with E-state index in [2.05, 4.69) is 14.7 Å². The monoisotopic (exact) mass is 430 g/mol. The first-order valence-electron chi connectivity index (χ1n) is 9.02. The Morgan fingerprint density at radius 3 is 2.77 bits per heavy atom. The van der Waals surface area contributed by atoms with E-state index in [-0.39, 0.29) is 17.3 Å². The second kappa shape index (κ2) is 9.08. The number of Topliss-reactive ketones (excluding diaryl/α,β-unsaturated/α-hetero) is 1. The zero-order valence-corrected chi connectivity index (χ0v) is 16.4. The van der Waals surface area contributed by atoms with Gasteiger partial charge in [0.15, 0.2) is 22.4 Å². The molecular formula is C21H16F2N2O4S. The molecule has 0 bridgehead atoms. The van der Waals surface area contributed by atoms with Crippen LogP contribution < -0.4 is 14.2 Å². The van der Waals surface area contributed by atoms with Gasteiger partial charge in [0.1, 0.15) is 19.0 Å². The van der Waals surface area contributed by atoms with Crippen molar-refractivity contribution in [1.29, 1.82) is 0 Å². The van der Waals surface area contributed by atoms with Crippen LogP contribution in [0.2, 0.25) is 0 Å². The molecule has 6 nitrogen and oxygen atoms in total. The number of thioether (sulfide) groups is 1. The van der Waals surface area contributed by atoms with Crippen LogP contribution in [0.25, 0.3) is 11.3 Å². The SMILES string of the molecule is O=C(CSc1nccc(-c2cccc(OC(F)F)c2)n1)c1ccc2c(c1)OCCO2. The van der Waals surface area contributed by atoms with E-state index in [4.69, 9.17) is 9.47 Å². The predicted molar refractivity (Wildman–Crippen MR) is 107 cm³/mol. The number of ether oxygens (including phenoxy) is 3. The van der Waals surface area contributed by atoms with E-state index in [1.54, 1.807) is 42.6 Å². The molecule has 3 aromatic rings. The highest BCUT2D eigenvalue weighted by Gasteiger charge is 2.16. The zero-order chi connectivity index (χ0) is 20.9. The summed E-state index contributed by atoms with van der Waals surface area (Å²) < 4.78 is 40.3. The van der Waals surface area contributed by atoms with Gasteiger partial charge in [0.2, 0.25) is 0 Å². The summed E-state index contributed by atoms with van der Waals surface area (Å²) in [6.45, 7) is -1.96. The minimum absolute atomic E-state index is 0.0455. The second-order valence-electron chi connectivity index (χ2n) is 6.20. The molecule has 0 atom stereocenters. The third kappa shape index (κ3) is 4.85. The number of aromatic nitrogens is 2. The molecule has 0 unspecified atom stereocenters. The first kappa shape index (κ1) is 20.1. The lowest BCUT2D eigenvalue weighted by Crippen LogP contribution is -2.16. The Hall–Kier alpha value is -3.20. The van der Waals surface area contributed by atoms with E-state index in [9.17, 15) is 13.6 Å². The maximum Gasteiger partial charge on any atom is 0.387 e. The topological polar surface area (TPSA) is 70.5 Å². The quantitative estimate of drug-likeness (QED) is 0.311. The molecule has 0 fully saturated rings. The standard InChI is InChI=1S/C21H16F2N2O4S/c22-20(23)29-15-3-1-2-13(10-15)16-6-7-24-21(25-16)30-12-17(26)14-4-5-18-19(11-14)28-9-8-27-18/h1-7,10-11,20H,8-9,12H2. The van der Waals surface area contributed by atoms with Gasteiger partial charge in [-0.05, 0) is 36.4 Å². The number of ketones is 1. The number of nitrogens with zero attached hydrogens (tertiary/aromatic N) is 2. The molecule has 1 aromatic heterocycles. The molecule has 2 aromatic carbocycles. The lowest BCUT2D eigenvalue weighted by molar-refractivity contribution is -0.0498. The summed E-state index contributed by atoms with van der Waals surface area (Å²) in [5.74, 6) is 1.26. The van der Waals surface area contributed by atoms with Crippen LogP contribution in [0, 0.1) is 0 Å². The molecule has 2 heterocycles. The summed E-state index contributed by atoms with van der Waals surface area (Å²) in [7, 11) is 0. The van der Waals surface area contributed by atoms with E-state index in [0.717, 1.165) is 0 Å². The Kier molecular flexibility index (Phi) is 6.08. The normalized spacial score (nSPS) is 12.6. The van der Waals surface area contributed by atoms with Crippen LogP contribution in [0.3, 0.4) is 0 Å². The third-order valence-electron chi connectivity index (χ3n) is 4.18. The average molecular weight is 430 g/mol. The Morgan fingerprint density at radius 1 is 1.10 bits per heavy atom. The number of rotatable bonds is 7. The highest BCUT2D eigenvalue weighted by molar-refractivity contribution is 7.99. The summed E-state index contributed by atoms with van der Waals surface area (Å²) in [4.78, 5) is 21.1. The molecule has 0 radical (unpaired) electrons. The number of hydrogen-bond acceptors (Lipinski definition) is 7. The molecule has 0 spiro atoms. The number of hydrogen-bond donors (Lipinski definition) is 0. The van der Waals surface area contributed by atoms with Gasteiger partial charge in [0, 0.05) is 17.3 Å². The van der Waals surface area contributed by atoms with Gasteiger partial charge < -0.3 is 14.2 Å².